The molecule has 12 aromatic rings. The minimum Gasteiger partial charge on any atom is -0.456 e. The molecule has 0 bridgehead atoms. The van der Waals surface area contributed by atoms with Gasteiger partial charge in [-0.25, -0.2) is 0 Å². The predicted octanol–water partition coefficient (Wildman–Crippen LogP) is 16.7. The number of furan rings is 1. The van der Waals surface area contributed by atoms with Crippen molar-refractivity contribution in [2.45, 2.75) is 0 Å². The fourth-order valence-electron chi connectivity index (χ4n) is 9.37. The number of para-hydroxylation sites is 2. The second-order valence-corrected chi connectivity index (χ2v) is 15.6. The Morgan fingerprint density at radius 1 is 0.283 bits per heavy atom. The highest BCUT2D eigenvalue weighted by molar-refractivity contribution is 6.15. The molecule has 0 saturated carbocycles. The van der Waals surface area contributed by atoms with Gasteiger partial charge in [0.2, 0.25) is 0 Å². The molecule has 1 heterocycles. The zero-order valence-electron chi connectivity index (χ0n) is 32.7. The maximum absolute atomic E-state index is 6.45. The van der Waals surface area contributed by atoms with Crippen molar-refractivity contribution in [3.63, 3.8) is 0 Å². The fraction of sp³-hybridized carbons (Fsp3) is 0. The third-order valence-electron chi connectivity index (χ3n) is 12.3. The maximum Gasteiger partial charge on any atom is 0.137 e. The first-order valence-corrected chi connectivity index (χ1v) is 20.6. The van der Waals surface area contributed by atoms with E-state index < -0.39 is 0 Å². The third kappa shape index (κ3) is 5.57. The first kappa shape index (κ1) is 34.1. The monoisotopic (exact) mass is 763 g/mol. The Kier molecular flexibility index (Phi) is 7.89. The Morgan fingerprint density at radius 3 is 1.60 bits per heavy atom. The van der Waals surface area contributed by atoms with Crippen molar-refractivity contribution in [1.29, 1.82) is 0 Å². The Balaban J connectivity index is 0.980. The molecule has 0 aliphatic heterocycles. The number of anilines is 3. The third-order valence-corrected chi connectivity index (χ3v) is 12.3. The highest BCUT2D eigenvalue weighted by Gasteiger charge is 2.22. The summed E-state index contributed by atoms with van der Waals surface area (Å²) >= 11 is 0. The zero-order valence-corrected chi connectivity index (χ0v) is 32.7. The van der Waals surface area contributed by atoms with Gasteiger partial charge < -0.3 is 9.32 Å². The molecule has 11 aromatic carbocycles. The van der Waals surface area contributed by atoms with E-state index in [2.05, 4.69) is 223 Å². The number of hydrogen-bond donors (Lipinski definition) is 0. The Hall–Kier alpha value is -7.94. The van der Waals surface area contributed by atoms with Crippen molar-refractivity contribution < 1.29 is 4.42 Å². The summed E-state index contributed by atoms with van der Waals surface area (Å²) in [5.74, 6) is 0. The van der Waals surface area contributed by atoms with E-state index in [4.69, 9.17) is 4.42 Å². The molecule has 12 rings (SSSR count). The number of rotatable bonds is 6. The molecule has 0 unspecified atom stereocenters. The topological polar surface area (TPSA) is 16.4 Å². The molecule has 0 aliphatic rings. The average Bonchev–Trinajstić information content (AvgIpc) is 3.71. The number of fused-ring (bicyclic) bond motifs is 9. The number of nitrogens with zero attached hydrogens (tertiary/aromatic N) is 1. The van der Waals surface area contributed by atoms with Gasteiger partial charge in [-0.1, -0.05) is 182 Å². The van der Waals surface area contributed by atoms with Crippen LogP contribution in [-0.4, -0.2) is 0 Å². The summed E-state index contributed by atoms with van der Waals surface area (Å²) in [6.07, 6.45) is 0. The molecule has 0 amide bonds. The number of benzene rings is 11. The van der Waals surface area contributed by atoms with Crippen LogP contribution in [0.1, 0.15) is 0 Å². The molecule has 0 saturated heterocycles. The molecule has 2 heteroatoms. The average molecular weight is 764 g/mol. The van der Waals surface area contributed by atoms with Gasteiger partial charge in [-0.05, 0) is 113 Å². The zero-order chi connectivity index (χ0) is 39.6. The second-order valence-electron chi connectivity index (χ2n) is 15.6. The Labute approximate surface area is 347 Å². The van der Waals surface area contributed by atoms with Crippen LogP contribution in [0.25, 0.3) is 98.4 Å². The van der Waals surface area contributed by atoms with Crippen LogP contribution in [0, 0.1) is 0 Å². The normalized spacial score (nSPS) is 11.7. The lowest BCUT2D eigenvalue weighted by Crippen LogP contribution is -2.11. The first-order chi connectivity index (χ1) is 29.7. The lowest BCUT2D eigenvalue weighted by Gasteiger charge is -2.29. The highest BCUT2D eigenvalue weighted by atomic mass is 16.3. The summed E-state index contributed by atoms with van der Waals surface area (Å²) in [7, 11) is 0. The molecule has 0 spiro atoms. The van der Waals surface area contributed by atoms with Crippen molar-refractivity contribution in [1.82, 2.24) is 0 Å². The van der Waals surface area contributed by atoms with Gasteiger partial charge in [0.25, 0.3) is 0 Å². The van der Waals surface area contributed by atoms with E-state index in [1.54, 1.807) is 0 Å². The standard InChI is InChI=1S/C58H37NO/c1-3-13-46-41(12-1)33-36-51-47(17-9-18-50(46)51)42-25-23-38(24-26-42)39-31-34-45(35-32-39)59(55-20-10-22-57-58(55)52-16-6-8-21-56(52)60-57)54-19-7-5-15-49(54)44-30-29-43-28-27-40-11-2-4-14-48(40)53(43)37-44/h1-37H. The first-order valence-electron chi connectivity index (χ1n) is 20.6. The SMILES string of the molecule is c1ccc(N(c2ccc(-c3ccc(-c4cccc5c4ccc4ccccc45)cc3)cc2)c2cccc3oc4ccccc4c23)c(-c2ccc3ccc4ccccc4c3c2)c1. The Morgan fingerprint density at radius 2 is 0.800 bits per heavy atom. The van der Waals surface area contributed by atoms with Crippen molar-refractivity contribution in [3.8, 4) is 33.4 Å². The van der Waals surface area contributed by atoms with Crippen LogP contribution in [-0.2, 0) is 0 Å². The maximum atomic E-state index is 6.45. The summed E-state index contributed by atoms with van der Waals surface area (Å²) in [4.78, 5) is 2.41. The minimum absolute atomic E-state index is 0.865. The largest absolute Gasteiger partial charge is 0.456 e. The molecule has 1 aromatic heterocycles. The molecular weight excluding hydrogens is 727 g/mol. The minimum atomic E-state index is 0.865. The Bertz CT molecular complexity index is 3600. The highest BCUT2D eigenvalue weighted by Crippen LogP contribution is 2.47. The molecule has 0 fully saturated rings. The van der Waals surface area contributed by atoms with Gasteiger partial charge in [0.15, 0.2) is 0 Å². The van der Waals surface area contributed by atoms with Crippen LogP contribution in [0.4, 0.5) is 17.1 Å². The van der Waals surface area contributed by atoms with Crippen molar-refractivity contribution in [3.05, 3.63) is 224 Å². The van der Waals surface area contributed by atoms with Gasteiger partial charge in [0, 0.05) is 16.6 Å². The van der Waals surface area contributed by atoms with Gasteiger partial charge >= 0.3 is 0 Å². The van der Waals surface area contributed by atoms with Crippen LogP contribution < -0.4 is 4.90 Å². The van der Waals surface area contributed by atoms with Gasteiger partial charge in [-0.3, -0.25) is 0 Å². The molecule has 2 nitrogen and oxygen atoms in total. The lowest BCUT2D eigenvalue weighted by molar-refractivity contribution is 0.669. The van der Waals surface area contributed by atoms with Crippen molar-refractivity contribution in [2.75, 3.05) is 4.90 Å². The van der Waals surface area contributed by atoms with E-state index >= 15 is 0 Å². The summed E-state index contributed by atoms with van der Waals surface area (Å²) in [6.45, 7) is 0. The van der Waals surface area contributed by atoms with E-state index in [9.17, 15) is 0 Å². The van der Waals surface area contributed by atoms with Crippen molar-refractivity contribution in [2.24, 2.45) is 0 Å². The molecule has 0 N–H and O–H groups in total. The van der Waals surface area contributed by atoms with Crippen LogP contribution in [0.15, 0.2) is 229 Å². The quantitative estimate of drug-likeness (QED) is 0.157. The molecule has 60 heavy (non-hydrogen) atoms. The van der Waals surface area contributed by atoms with Gasteiger partial charge in [-0.2, -0.15) is 0 Å². The van der Waals surface area contributed by atoms with E-state index in [1.165, 1.54) is 65.3 Å². The summed E-state index contributed by atoms with van der Waals surface area (Å²) in [5.41, 5.74) is 12.1. The summed E-state index contributed by atoms with van der Waals surface area (Å²) in [5, 5.41) is 12.3. The molecule has 0 atom stereocenters. The molecular formula is C58H37NO. The van der Waals surface area contributed by atoms with Crippen LogP contribution in [0.5, 0.6) is 0 Å². The van der Waals surface area contributed by atoms with E-state index in [1.807, 2.05) is 6.07 Å². The summed E-state index contributed by atoms with van der Waals surface area (Å²) < 4.78 is 6.45. The molecule has 280 valence electrons. The predicted molar refractivity (Wildman–Crippen MR) is 255 cm³/mol. The molecule has 0 radical (unpaired) electrons. The molecule has 0 aliphatic carbocycles. The fourth-order valence-corrected chi connectivity index (χ4v) is 9.37. The van der Waals surface area contributed by atoms with Crippen LogP contribution in [0.3, 0.4) is 0 Å². The van der Waals surface area contributed by atoms with Gasteiger partial charge in [0.05, 0.1) is 16.8 Å². The second kappa shape index (κ2) is 13.9. The smallest absolute Gasteiger partial charge is 0.137 e. The van der Waals surface area contributed by atoms with Crippen LogP contribution >= 0.6 is 0 Å². The van der Waals surface area contributed by atoms with E-state index in [0.29, 0.717) is 0 Å². The van der Waals surface area contributed by atoms with Crippen LogP contribution in [0.2, 0.25) is 0 Å². The lowest BCUT2D eigenvalue weighted by atomic mass is 9.93. The van der Waals surface area contributed by atoms with Gasteiger partial charge in [-0.15, -0.1) is 0 Å². The van der Waals surface area contributed by atoms with E-state index in [-0.39, 0.29) is 0 Å². The van der Waals surface area contributed by atoms with E-state index in [0.717, 1.165) is 50.1 Å². The number of hydrogen-bond acceptors (Lipinski definition) is 2. The van der Waals surface area contributed by atoms with Crippen molar-refractivity contribution >= 4 is 82.1 Å². The van der Waals surface area contributed by atoms with Gasteiger partial charge in [0.1, 0.15) is 11.2 Å². The summed E-state index contributed by atoms with van der Waals surface area (Å²) in [6, 6.07) is 81.3.